The second kappa shape index (κ2) is 7.56. The van der Waals surface area contributed by atoms with E-state index in [-0.39, 0.29) is 17.1 Å². The Balaban J connectivity index is 1.73. The molecule has 0 spiro atoms. The molecule has 4 aromatic rings. The molecular weight excluding hydrogens is 384 g/mol. The fourth-order valence-corrected chi connectivity index (χ4v) is 2.96. The Hall–Kier alpha value is -4.39. The molecule has 1 aromatic carbocycles. The molecule has 4 N–H and O–H groups in total. The molecule has 0 amide bonds. The lowest BCUT2D eigenvalue weighted by atomic mass is 10.2. The minimum Gasteiger partial charge on any atom is -0.508 e. The van der Waals surface area contributed by atoms with Crippen LogP contribution < -0.4 is 15.8 Å². The Labute approximate surface area is 171 Å². The van der Waals surface area contributed by atoms with Gasteiger partial charge in [0.2, 0.25) is 5.88 Å². The van der Waals surface area contributed by atoms with Crippen molar-refractivity contribution >= 4 is 17.2 Å². The van der Waals surface area contributed by atoms with Crippen molar-refractivity contribution in [2.75, 3.05) is 11.1 Å². The Morgan fingerprint density at radius 2 is 2.13 bits per heavy atom. The monoisotopic (exact) mass is 402 g/mol. The van der Waals surface area contributed by atoms with Crippen LogP contribution in [-0.2, 0) is 0 Å². The number of aromatic hydroxyl groups is 1. The van der Waals surface area contributed by atoms with E-state index in [0.717, 1.165) is 5.56 Å². The SMILES string of the molecule is Cc1ccn2nc(C(C)Nc3ncnc(N)c3C#N)nc(Oc3cccc(O)c3)c12. The van der Waals surface area contributed by atoms with Crippen molar-refractivity contribution in [2.24, 2.45) is 0 Å². The molecule has 0 saturated heterocycles. The molecule has 0 bridgehead atoms. The summed E-state index contributed by atoms with van der Waals surface area (Å²) in [6, 6.07) is 9.94. The number of aromatic nitrogens is 5. The van der Waals surface area contributed by atoms with E-state index in [2.05, 4.69) is 25.4 Å². The lowest BCUT2D eigenvalue weighted by Gasteiger charge is -2.16. The average molecular weight is 402 g/mol. The number of nitrogen functional groups attached to an aromatic ring is 1. The number of benzene rings is 1. The Morgan fingerprint density at radius 3 is 2.90 bits per heavy atom. The van der Waals surface area contributed by atoms with Crippen LogP contribution >= 0.6 is 0 Å². The molecule has 10 nitrogen and oxygen atoms in total. The van der Waals surface area contributed by atoms with Crippen molar-refractivity contribution in [3.05, 3.63) is 59.8 Å². The van der Waals surface area contributed by atoms with Crippen LogP contribution in [-0.4, -0.2) is 29.7 Å². The summed E-state index contributed by atoms with van der Waals surface area (Å²) in [5.74, 6) is 1.66. The molecule has 3 aromatic heterocycles. The summed E-state index contributed by atoms with van der Waals surface area (Å²) in [4.78, 5) is 12.5. The van der Waals surface area contributed by atoms with Gasteiger partial charge in [0.05, 0.1) is 6.04 Å². The molecule has 0 radical (unpaired) electrons. The number of nitrogens with one attached hydrogen (secondary N) is 1. The van der Waals surface area contributed by atoms with Crippen LogP contribution in [0.5, 0.6) is 17.4 Å². The zero-order valence-corrected chi connectivity index (χ0v) is 16.2. The molecule has 3 heterocycles. The molecule has 1 atom stereocenters. The summed E-state index contributed by atoms with van der Waals surface area (Å²) in [6.07, 6.45) is 3.09. The van der Waals surface area contributed by atoms with Crippen LogP contribution in [0.1, 0.15) is 29.9 Å². The number of rotatable bonds is 5. The maximum absolute atomic E-state index is 9.72. The maximum atomic E-state index is 9.72. The summed E-state index contributed by atoms with van der Waals surface area (Å²) < 4.78 is 7.63. The molecule has 0 aliphatic heterocycles. The minimum absolute atomic E-state index is 0.0883. The Bertz CT molecular complexity index is 1280. The summed E-state index contributed by atoms with van der Waals surface area (Å²) >= 11 is 0. The first kappa shape index (κ1) is 18.9. The molecule has 0 aliphatic rings. The predicted molar refractivity (Wildman–Crippen MR) is 109 cm³/mol. The first-order chi connectivity index (χ1) is 14.5. The van der Waals surface area contributed by atoms with Crippen molar-refractivity contribution in [1.82, 2.24) is 24.6 Å². The summed E-state index contributed by atoms with van der Waals surface area (Å²) in [6.45, 7) is 3.76. The van der Waals surface area contributed by atoms with E-state index in [0.29, 0.717) is 28.8 Å². The first-order valence-electron chi connectivity index (χ1n) is 9.06. The van der Waals surface area contributed by atoms with E-state index in [1.807, 2.05) is 26.0 Å². The smallest absolute Gasteiger partial charge is 0.247 e. The van der Waals surface area contributed by atoms with Crippen molar-refractivity contribution in [2.45, 2.75) is 19.9 Å². The standard InChI is InChI=1S/C20H18N8O2/c1-11-6-7-28-16(11)20(30-14-5-3-4-13(29)8-14)26-18(27-28)12(2)25-19-15(9-21)17(22)23-10-24-19/h3-8,10,12,29H,1-2H3,(H3,22,23,24,25). The summed E-state index contributed by atoms with van der Waals surface area (Å²) in [7, 11) is 0. The lowest BCUT2D eigenvalue weighted by molar-refractivity contribution is 0.442. The fraction of sp³-hybridized carbons (Fsp3) is 0.150. The molecule has 30 heavy (non-hydrogen) atoms. The van der Waals surface area contributed by atoms with E-state index >= 15 is 0 Å². The van der Waals surface area contributed by atoms with Crippen LogP contribution in [0, 0.1) is 18.3 Å². The van der Waals surface area contributed by atoms with Crippen molar-refractivity contribution in [1.29, 1.82) is 5.26 Å². The van der Waals surface area contributed by atoms with Gasteiger partial charge in [0, 0.05) is 12.3 Å². The van der Waals surface area contributed by atoms with Crippen LogP contribution in [0.3, 0.4) is 0 Å². The molecule has 1 unspecified atom stereocenters. The van der Waals surface area contributed by atoms with Gasteiger partial charge in [-0.25, -0.2) is 14.5 Å². The van der Waals surface area contributed by atoms with Crippen LogP contribution in [0.2, 0.25) is 0 Å². The third-order valence-corrected chi connectivity index (χ3v) is 4.46. The van der Waals surface area contributed by atoms with E-state index in [9.17, 15) is 10.4 Å². The van der Waals surface area contributed by atoms with Crippen LogP contribution in [0.25, 0.3) is 5.52 Å². The van der Waals surface area contributed by atoms with Gasteiger partial charge < -0.3 is 20.9 Å². The molecule has 0 aliphatic carbocycles. The van der Waals surface area contributed by atoms with Gasteiger partial charge in [0.1, 0.15) is 46.6 Å². The van der Waals surface area contributed by atoms with Crippen molar-refractivity contribution in [3.8, 4) is 23.4 Å². The van der Waals surface area contributed by atoms with Crippen molar-refractivity contribution in [3.63, 3.8) is 0 Å². The highest BCUT2D eigenvalue weighted by Crippen LogP contribution is 2.30. The topological polar surface area (TPSA) is 147 Å². The Kier molecular flexibility index (Phi) is 4.77. The third-order valence-electron chi connectivity index (χ3n) is 4.46. The van der Waals surface area contributed by atoms with Gasteiger partial charge in [-0.15, -0.1) is 0 Å². The number of nitriles is 1. The molecule has 10 heteroatoms. The number of anilines is 2. The zero-order valence-electron chi connectivity index (χ0n) is 16.2. The zero-order chi connectivity index (χ0) is 21.3. The number of phenols is 1. The van der Waals surface area contributed by atoms with Gasteiger partial charge in [0.25, 0.3) is 0 Å². The van der Waals surface area contributed by atoms with E-state index in [1.165, 1.54) is 12.4 Å². The number of nitrogens with zero attached hydrogens (tertiary/aromatic N) is 6. The number of hydrogen-bond donors (Lipinski definition) is 3. The number of hydrogen-bond acceptors (Lipinski definition) is 9. The quantitative estimate of drug-likeness (QED) is 0.458. The van der Waals surface area contributed by atoms with Crippen LogP contribution in [0.15, 0.2) is 42.9 Å². The number of ether oxygens (including phenoxy) is 1. The van der Waals surface area contributed by atoms with Crippen LogP contribution in [0.4, 0.5) is 11.6 Å². The lowest BCUT2D eigenvalue weighted by Crippen LogP contribution is -2.16. The highest BCUT2D eigenvalue weighted by atomic mass is 16.5. The van der Waals surface area contributed by atoms with E-state index in [1.54, 1.807) is 28.9 Å². The predicted octanol–water partition coefficient (Wildman–Crippen LogP) is 2.95. The number of aryl methyl sites for hydroxylation is 1. The highest BCUT2D eigenvalue weighted by Gasteiger charge is 2.19. The average Bonchev–Trinajstić information content (AvgIpc) is 3.09. The number of nitrogens with two attached hydrogens (primary N) is 1. The van der Waals surface area contributed by atoms with Crippen molar-refractivity contribution < 1.29 is 9.84 Å². The second-order valence-corrected chi connectivity index (χ2v) is 6.63. The minimum atomic E-state index is -0.426. The normalized spacial score (nSPS) is 11.8. The largest absolute Gasteiger partial charge is 0.508 e. The highest BCUT2D eigenvalue weighted by molar-refractivity contribution is 5.64. The number of fused-ring (bicyclic) bond motifs is 1. The van der Waals surface area contributed by atoms with Gasteiger partial charge in [-0.3, -0.25) is 0 Å². The Morgan fingerprint density at radius 1 is 1.30 bits per heavy atom. The maximum Gasteiger partial charge on any atom is 0.247 e. The second-order valence-electron chi connectivity index (χ2n) is 6.63. The third kappa shape index (κ3) is 3.51. The van der Waals surface area contributed by atoms with Gasteiger partial charge in [-0.2, -0.15) is 15.3 Å². The van der Waals surface area contributed by atoms with E-state index < -0.39 is 6.04 Å². The fourth-order valence-electron chi connectivity index (χ4n) is 2.96. The van der Waals surface area contributed by atoms with Gasteiger partial charge >= 0.3 is 0 Å². The molecule has 150 valence electrons. The van der Waals surface area contributed by atoms with Gasteiger partial charge in [0.15, 0.2) is 5.82 Å². The summed E-state index contributed by atoms with van der Waals surface area (Å²) in [5.41, 5.74) is 7.55. The summed E-state index contributed by atoms with van der Waals surface area (Å²) in [5, 5.41) is 26.7. The number of phenolic OH excluding ortho intramolecular Hbond substituents is 1. The van der Waals surface area contributed by atoms with E-state index in [4.69, 9.17) is 10.5 Å². The molecule has 0 saturated carbocycles. The van der Waals surface area contributed by atoms with Gasteiger partial charge in [-0.1, -0.05) is 6.07 Å². The molecule has 0 fully saturated rings. The van der Waals surface area contributed by atoms with Gasteiger partial charge in [-0.05, 0) is 37.6 Å². The molecule has 4 rings (SSSR count). The first-order valence-corrected chi connectivity index (χ1v) is 9.06. The molecular formula is C20H18N8O2.